The van der Waals surface area contributed by atoms with Crippen molar-refractivity contribution in [1.82, 2.24) is 5.32 Å². The lowest BCUT2D eigenvalue weighted by atomic mass is 10.0. The number of carbonyl (C=O) groups excluding carboxylic acids is 1. The highest BCUT2D eigenvalue weighted by Gasteiger charge is 2.32. The van der Waals surface area contributed by atoms with Gasteiger partial charge in [-0.1, -0.05) is 15.9 Å². The van der Waals surface area contributed by atoms with E-state index in [4.69, 9.17) is 4.74 Å². The van der Waals surface area contributed by atoms with Gasteiger partial charge in [-0.2, -0.15) is 13.2 Å². The number of carbonyl (C=O) groups is 1. The molecule has 18 heavy (non-hydrogen) atoms. The van der Waals surface area contributed by atoms with Gasteiger partial charge in [-0.05, 0) is 23.8 Å². The molecule has 1 heterocycles. The van der Waals surface area contributed by atoms with E-state index < -0.39 is 17.8 Å². The molecule has 0 spiro atoms. The largest absolute Gasteiger partial charge is 0.416 e. The van der Waals surface area contributed by atoms with Crippen molar-refractivity contribution in [3.05, 3.63) is 33.8 Å². The molecule has 0 aromatic heterocycles. The van der Waals surface area contributed by atoms with E-state index in [0.29, 0.717) is 10.0 Å². The Balaban J connectivity index is 2.29. The molecule has 98 valence electrons. The summed E-state index contributed by atoms with van der Waals surface area (Å²) in [5, 5.41) is 2.55. The maximum Gasteiger partial charge on any atom is 0.416 e. The van der Waals surface area contributed by atoms with Crippen molar-refractivity contribution in [3.8, 4) is 0 Å². The summed E-state index contributed by atoms with van der Waals surface area (Å²) in [5.41, 5.74) is -0.356. The lowest BCUT2D eigenvalue weighted by molar-refractivity contribution is -0.138. The SMILES string of the molecule is O=C1CO[C@H](c2cc(C(F)(F)F)ccc2Br)CN1. The smallest absolute Gasteiger partial charge is 0.362 e. The van der Waals surface area contributed by atoms with E-state index in [9.17, 15) is 18.0 Å². The third kappa shape index (κ3) is 2.84. The quantitative estimate of drug-likeness (QED) is 0.862. The van der Waals surface area contributed by atoms with Gasteiger partial charge in [0.05, 0.1) is 5.56 Å². The molecule has 0 bridgehead atoms. The van der Waals surface area contributed by atoms with E-state index in [2.05, 4.69) is 21.2 Å². The van der Waals surface area contributed by atoms with Crippen molar-refractivity contribution < 1.29 is 22.7 Å². The summed E-state index contributed by atoms with van der Waals surface area (Å²) >= 11 is 3.19. The Labute approximate surface area is 109 Å². The first-order chi connectivity index (χ1) is 8.38. The Morgan fingerprint density at radius 2 is 2.11 bits per heavy atom. The molecule has 1 aliphatic rings. The van der Waals surface area contributed by atoms with Gasteiger partial charge in [0.15, 0.2) is 0 Å². The molecule has 0 saturated carbocycles. The van der Waals surface area contributed by atoms with Crippen LogP contribution in [0.15, 0.2) is 22.7 Å². The average Bonchev–Trinajstić information content (AvgIpc) is 2.29. The van der Waals surface area contributed by atoms with Crippen LogP contribution in [-0.2, 0) is 15.7 Å². The van der Waals surface area contributed by atoms with Crippen LogP contribution in [0.4, 0.5) is 13.2 Å². The number of halogens is 4. The maximum absolute atomic E-state index is 12.6. The van der Waals surface area contributed by atoms with Crippen molar-refractivity contribution in [2.75, 3.05) is 13.2 Å². The standard InChI is InChI=1S/C11H9BrF3NO2/c12-8-2-1-6(11(13,14)15)3-7(8)9-4-16-10(17)5-18-9/h1-3,9H,4-5H2,(H,16,17)/t9-/m0/s1. The predicted molar refractivity (Wildman–Crippen MR) is 60.8 cm³/mol. The molecule has 1 fully saturated rings. The molecule has 3 nitrogen and oxygen atoms in total. The summed E-state index contributed by atoms with van der Waals surface area (Å²) in [7, 11) is 0. The lowest BCUT2D eigenvalue weighted by Crippen LogP contribution is -2.38. The van der Waals surface area contributed by atoms with Crippen molar-refractivity contribution in [2.45, 2.75) is 12.3 Å². The normalized spacial score (nSPS) is 20.7. The Kier molecular flexibility index (Phi) is 3.63. The minimum absolute atomic E-state index is 0.145. The molecule has 0 radical (unpaired) electrons. The summed E-state index contributed by atoms with van der Waals surface area (Å²) in [4.78, 5) is 10.9. The van der Waals surface area contributed by atoms with Gasteiger partial charge in [-0.25, -0.2) is 0 Å². The molecule has 7 heteroatoms. The number of hydrogen-bond acceptors (Lipinski definition) is 2. The highest BCUT2D eigenvalue weighted by molar-refractivity contribution is 9.10. The zero-order chi connectivity index (χ0) is 13.3. The van der Waals surface area contributed by atoms with Gasteiger partial charge in [0.25, 0.3) is 0 Å². The van der Waals surface area contributed by atoms with Crippen LogP contribution in [0.2, 0.25) is 0 Å². The second kappa shape index (κ2) is 4.89. The van der Waals surface area contributed by atoms with Crippen LogP contribution in [-0.4, -0.2) is 19.1 Å². The summed E-state index contributed by atoms with van der Waals surface area (Å²) in [6.45, 7) is 0.0199. The van der Waals surface area contributed by atoms with Gasteiger partial charge in [-0.3, -0.25) is 4.79 Å². The molecule has 1 aromatic rings. The number of morpholine rings is 1. The van der Waals surface area contributed by atoms with Crippen LogP contribution in [0.5, 0.6) is 0 Å². The highest BCUT2D eigenvalue weighted by Crippen LogP contribution is 2.35. The first kappa shape index (κ1) is 13.4. The summed E-state index contributed by atoms with van der Waals surface area (Å²) in [6.07, 6.45) is -4.97. The molecule has 2 rings (SSSR count). The number of hydrogen-bond donors (Lipinski definition) is 1. The van der Waals surface area contributed by atoms with E-state index in [1.54, 1.807) is 0 Å². The minimum Gasteiger partial charge on any atom is -0.362 e. The van der Waals surface area contributed by atoms with Crippen LogP contribution in [0.25, 0.3) is 0 Å². The monoisotopic (exact) mass is 323 g/mol. The molecule has 0 unspecified atom stereocenters. The first-order valence-corrected chi connectivity index (χ1v) is 5.92. The van der Waals surface area contributed by atoms with Crippen molar-refractivity contribution in [3.63, 3.8) is 0 Å². The fourth-order valence-electron chi connectivity index (χ4n) is 1.66. The highest BCUT2D eigenvalue weighted by atomic mass is 79.9. The Hall–Kier alpha value is -1.08. The van der Waals surface area contributed by atoms with E-state index in [1.807, 2.05) is 0 Å². The van der Waals surface area contributed by atoms with Crippen molar-refractivity contribution >= 4 is 21.8 Å². The second-order valence-corrected chi connectivity index (χ2v) is 4.69. The molecular formula is C11H9BrF3NO2. The van der Waals surface area contributed by atoms with Gasteiger partial charge in [0, 0.05) is 11.0 Å². The number of nitrogens with one attached hydrogen (secondary N) is 1. The van der Waals surface area contributed by atoms with Gasteiger partial charge in [-0.15, -0.1) is 0 Å². The first-order valence-electron chi connectivity index (χ1n) is 5.13. The van der Waals surface area contributed by atoms with Crippen LogP contribution in [0.1, 0.15) is 17.2 Å². The van der Waals surface area contributed by atoms with E-state index in [1.165, 1.54) is 6.07 Å². The van der Waals surface area contributed by atoms with E-state index in [0.717, 1.165) is 12.1 Å². The van der Waals surface area contributed by atoms with Gasteiger partial charge >= 0.3 is 6.18 Å². The van der Waals surface area contributed by atoms with Gasteiger partial charge in [0.1, 0.15) is 12.7 Å². The molecule has 1 atom stereocenters. The second-order valence-electron chi connectivity index (χ2n) is 3.84. The zero-order valence-electron chi connectivity index (χ0n) is 9.05. The molecule has 1 aliphatic heterocycles. The molecule has 1 saturated heterocycles. The fraction of sp³-hybridized carbons (Fsp3) is 0.364. The average molecular weight is 324 g/mol. The number of amides is 1. The lowest BCUT2D eigenvalue weighted by Gasteiger charge is -2.25. The molecule has 1 N–H and O–H groups in total. The summed E-state index contributed by atoms with van der Waals surface area (Å²) in [5.74, 6) is -0.269. The molecular weight excluding hydrogens is 315 g/mol. The number of alkyl halides is 3. The Morgan fingerprint density at radius 3 is 2.67 bits per heavy atom. The van der Waals surface area contributed by atoms with Gasteiger partial charge < -0.3 is 10.1 Å². The maximum atomic E-state index is 12.6. The number of ether oxygens (including phenoxy) is 1. The predicted octanol–water partition coefficient (Wildman–Crippen LogP) is 2.66. The molecule has 0 aliphatic carbocycles. The topological polar surface area (TPSA) is 38.3 Å². The number of benzene rings is 1. The molecule has 1 amide bonds. The zero-order valence-corrected chi connectivity index (χ0v) is 10.6. The Bertz CT molecular complexity index is 466. The van der Waals surface area contributed by atoms with E-state index >= 15 is 0 Å². The van der Waals surface area contributed by atoms with Crippen LogP contribution in [0.3, 0.4) is 0 Å². The van der Waals surface area contributed by atoms with Crippen molar-refractivity contribution in [2.24, 2.45) is 0 Å². The number of rotatable bonds is 1. The van der Waals surface area contributed by atoms with E-state index in [-0.39, 0.29) is 19.1 Å². The molecule has 1 aromatic carbocycles. The fourth-order valence-corrected chi connectivity index (χ4v) is 2.16. The van der Waals surface area contributed by atoms with Gasteiger partial charge in [0.2, 0.25) is 5.91 Å². The summed E-state index contributed by atoms with van der Waals surface area (Å²) < 4.78 is 43.5. The van der Waals surface area contributed by atoms with Crippen LogP contribution >= 0.6 is 15.9 Å². The third-order valence-electron chi connectivity index (χ3n) is 2.57. The summed E-state index contributed by atoms with van der Waals surface area (Å²) in [6, 6.07) is 3.36. The third-order valence-corrected chi connectivity index (χ3v) is 3.29. The minimum atomic E-state index is -4.40. The van der Waals surface area contributed by atoms with Crippen LogP contribution < -0.4 is 5.32 Å². The Morgan fingerprint density at radius 1 is 1.39 bits per heavy atom. The van der Waals surface area contributed by atoms with Crippen LogP contribution in [0, 0.1) is 0 Å². The van der Waals surface area contributed by atoms with Crippen molar-refractivity contribution in [1.29, 1.82) is 0 Å².